The van der Waals surface area contributed by atoms with Crippen LogP contribution >= 0.6 is 0 Å². The van der Waals surface area contributed by atoms with Crippen LogP contribution < -0.4 is 5.32 Å². The number of nitriles is 1. The van der Waals surface area contributed by atoms with Crippen LogP contribution in [0.2, 0.25) is 0 Å². The summed E-state index contributed by atoms with van der Waals surface area (Å²) in [6.07, 6.45) is -4.34. The van der Waals surface area contributed by atoms with Crippen LogP contribution in [-0.2, 0) is 6.18 Å². The lowest BCUT2D eigenvalue weighted by Crippen LogP contribution is -2.11. The normalized spacial score (nSPS) is 12.5. The molecule has 1 atom stereocenters. The quantitative estimate of drug-likeness (QED) is 0.904. The SMILES string of the molecule is N#CC(CNc1ccc(C(F)(F)F)cc1)c1ccccc1. The zero-order valence-corrected chi connectivity index (χ0v) is 11.1. The first-order chi connectivity index (χ1) is 10.0. The molecule has 0 saturated carbocycles. The van der Waals surface area contributed by atoms with Gasteiger partial charge in [0, 0.05) is 12.2 Å². The largest absolute Gasteiger partial charge is 0.416 e. The second-order valence-electron chi connectivity index (χ2n) is 4.55. The van der Waals surface area contributed by atoms with Gasteiger partial charge in [-0.15, -0.1) is 0 Å². The standard InChI is InChI=1S/C16H13F3N2/c17-16(18,19)14-6-8-15(9-7-14)21-11-13(10-20)12-4-2-1-3-5-12/h1-9,13,21H,11H2. The van der Waals surface area contributed by atoms with Crippen molar-refractivity contribution >= 4 is 5.69 Å². The van der Waals surface area contributed by atoms with Crippen LogP contribution in [0.3, 0.4) is 0 Å². The maximum absolute atomic E-state index is 12.4. The highest BCUT2D eigenvalue weighted by Crippen LogP contribution is 2.29. The molecule has 2 rings (SSSR count). The Bertz CT molecular complexity index is 613. The number of alkyl halides is 3. The third kappa shape index (κ3) is 3.99. The highest BCUT2D eigenvalue weighted by molar-refractivity contribution is 5.46. The van der Waals surface area contributed by atoms with Gasteiger partial charge in [-0.3, -0.25) is 0 Å². The molecule has 0 fully saturated rings. The first-order valence-electron chi connectivity index (χ1n) is 6.36. The topological polar surface area (TPSA) is 35.8 Å². The Hall–Kier alpha value is -2.48. The molecule has 1 unspecified atom stereocenters. The molecule has 2 nitrogen and oxygen atoms in total. The number of hydrogen-bond acceptors (Lipinski definition) is 2. The zero-order chi connectivity index (χ0) is 15.3. The van der Waals surface area contributed by atoms with Crippen molar-refractivity contribution in [2.75, 3.05) is 11.9 Å². The van der Waals surface area contributed by atoms with Crippen molar-refractivity contribution in [3.8, 4) is 6.07 Å². The Morgan fingerprint density at radius 1 is 1.00 bits per heavy atom. The summed E-state index contributed by atoms with van der Waals surface area (Å²) in [5.41, 5.74) is 0.742. The number of hydrogen-bond donors (Lipinski definition) is 1. The van der Waals surface area contributed by atoms with Crippen LogP contribution in [0.25, 0.3) is 0 Å². The molecule has 0 bridgehead atoms. The summed E-state index contributed by atoms with van der Waals surface area (Å²) in [5.74, 6) is -0.353. The third-order valence-electron chi connectivity index (χ3n) is 3.08. The summed E-state index contributed by atoms with van der Waals surface area (Å²) in [6, 6.07) is 16.2. The lowest BCUT2D eigenvalue weighted by Gasteiger charge is -2.13. The van der Waals surface area contributed by atoms with Crippen LogP contribution in [-0.4, -0.2) is 6.54 Å². The molecule has 108 valence electrons. The predicted octanol–water partition coefficient (Wildman–Crippen LogP) is 4.42. The number of halogens is 3. The molecule has 21 heavy (non-hydrogen) atoms. The van der Waals surface area contributed by atoms with Crippen LogP contribution in [0.5, 0.6) is 0 Å². The van der Waals surface area contributed by atoms with E-state index in [4.69, 9.17) is 5.26 Å². The van der Waals surface area contributed by atoms with E-state index in [0.717, 1.165) is 17.7 Å². The minimum Gasteiger partial charge on any atom is -0.383 e. The Balaban J connectivity index is 2.01. The molecule has 0 amide bonds. The van der Waals surface area contributed by atoms with Gasteiger partial charge in [0.1, 0.15) is 0 Å². The summed E-state index contributed by atoms with van der Waals surface area (Å²) >= 11 is 0. The molecular formula is C16H13F3N2. The molecule has 0 radical (unpaired) electrons. The minimum atomic E-state index is -4.34. The summed E-state index contributed by atoms with van der Waals surface area (Å²) < 4.78 is 37.3. The summed E-state index contributed by atoms with van der Waals surface area (Å²) in [5, 5.41) is 12.2. The van der Waals surface area contributed by atoms with Crippen LogP contribution in [0.15, 0.2) is 54.6 Å². The average molecular weight is 290 g/mol. The molecular weight excluding hydrogens is 277 g/mol. The summed E-state index contributed by atoms with van der Waals surface area (Å²) in [4.78, 5) is 0. The maximum atomic E-state index is 12.4. The van der Waals surface area contributed by atoms with E-state index in [9.17, 15) is 13.2 Å². The molecule has 2 aromatic carbocycles. The van der Waals surface area contributed by atoms with Gasteiger partial charge < -0.3 is 5.32 Å². The van der Waals surface area contributed by atoms with Crippen molar-refractivity contribution in [3.05, 3.63) is 65.7 Å². The van der Waals surface area contributed by atoms with E-state index in [-0.39, 0.29) is 5.92 Å². The Morgan fingerprint density at radius 3 is 2.14 bits per heavy atom. The second kappa shape index (κ2) is 6.31. The molecule has 0 saturated heterocycles. The lowest BCUT2D eigenvalue weighted by atomic mass is 10.0. The smallest absolute Gasteiger partial charge is 0.383 e. The van der Waals surface area contributed by atoms with E-state index >= 15 is 0 Å². The molecule has 1 N–H and O–H groups in total. The fourth-order valence-electron chi connectivity index (χ4n) is 1.92. The van der Waals surface area contributed by atoms with Gasteiger partial charge in [0.15, 0.2) is 0 Å². The van der Waals surface area contributed by atoms with Gasteiger partial charge in [0.25, 0.3) is 0 Å². The van der Waals surface area contributed by atoms with Gasteiger partial charge in [0.2, 0.25) is 0 Å². The van der Waals surface area contributed by atoms with Crippen molar-refractivity contribution in [2.45, 2.75) is 12.1 Å². The van der Waals surface area contributed by atoms with Crippen molar-refractivity contribution in [2.24, 2.45) is 0 Å². The monoisotopic (exact) mass is 290 g/mol. The lowest BCUT2D eigenvalue weighted by molar-refractivity contribution is -0.137. The minimum absolute atomic E-state index is 0.339. The Labute approximate surface area is 120 Å². The van der Waals surface area contributed by atoms with Gasteiger partial charge in [-0.1, -0.05) is 30.3 Å². The number of benzene rings is 2. The number of nitrogens with one attached hydrogen (secondary N) is 1. The molecule has 0 spiro atoms. The van der Waals surface area contributed by atoms with Crippen molar-refractivity contribution < 1.29 is 13.2 Å². The number of anilines is 1. The first kappa shape index (κ1) is 14.9. The summed E-state index contributed by atoms with van der Waals surface area (Å²) in [7, 11) is 0. The van der Waals surface area contributed by atoms with Crippen molar-refractivity contribution in [1.29, 1.82) is 5.26 Å². The van der Waals surface area contributed by atoms with E-state index < -0.39 is 11.7 Å². The fraction of sp³-hybridized carbons (Fsp3) is 0.188. The van der Waals surface area contributed by atoms with Crippen molar-refractivity contribution in [1.82, 2.24) is 0 Å². The Morgan fingerprint density at radius 2 is 1.62 bits per heavy atom. The predicted molar refractivity (Wildman–Crippen MR) is 74.7 cm³/mol. The molecule has 0 heterocycles. The van der Waals surface area contributed by atoms with Crippen molar-refractivity contribution in [3.63, 3.8) is 0 Å². The number of rotatable bonds is 4. The second-order valence-corrected chi connectivity index (χ2v) is 4.55. The molecule has 0 aliphatic rings. The first-order valence-corrected chi connectivity index (χ1v) is 6.36. The van der Waals surface area contributed by atoms with E-state index in [0.29, 0.717) is 12.2 Å². The zero-order valence-electron chi connectivity index (χ0n) is 11.1. The van der Waals surface area contributed by atoms with E-state index in [1.165, 1.54) is 12.1 Å². The van der Waals surface area contributed by atoms with Gasteiger partial charge in [-0.25, -0.2) is 0 Å². The highest BCUT2D eigenvalue weighted by Gasteiger charge is 2.29. The van der Waals surface area contributed by atoms with Gasteiger partial charge in [-0.05, 0) is 29.8 Å². The van der Waals surface area contributed by atoms with E-state index in [2.05, 4.69) is 11.4 Å². The van der Waals surface area contributed by atoms with Crippen LogP contribution in [0.1, 0.15) is 17.0 Å². The van der Waals surface area contributed by atoms with Gasteiger partial charge in [-0.2, -0.15) is 18.4 Å². The summed E-state index contributed by atoms with van der Waals surface area (Å²) in [6.45, 7) is 0.339. The van der Waals surface area contributed by atoms with Gasteiger partial charge in [0.05, 0.1) is 17.6 Å². The maximum Gasteiger partial charge on any atom is 0.416 e. The molecule has 5 heteroatoms. The van der Waals surface area contributed by atoms with E-state index in [1.54, 1.807) is 0 Å². The molecule has 0 aromatic heterocycles. The fourth-order valence-corrected chi connectivity index (χ4v) is 1.92. The number of nitrogens with zero attached hydrogens (tertiary/aromatic N) is 1. The molecule has 0 aliphatic heterocycles. The van der Waals surface area contributed by atoms with Crippen LogP contribution in [0, 0.1) is 11.3 Å². The van der Waals surface area contributed by atoms with E-state index in [1.807, 2.05) is 30.3 Å². The Kier molecular flexibility index (Phi) is 4.49. The highest BCUT2D eigenvalue weighted by atomic mass is 19.4. The van der Waals surface area contributed by atoms with Crippen LogP contribution in [0.4, 0.5) is 18.9 Å². The molecule has 0 aliphatic carbocycles. The van der Waals surface area contributed by atoms with Gasteiger partial charge >= 0.3 is 6.18 Å². The average Bonchev–Trinajstić information content (AvgIpc) is 2.48. The third-order valence-corrected chi connectivity index (χ3v) is 3.08. The molecule has 2 aromatic rings.